The van der Waals surface area contributed by atoms with E-state index in [4.69, 9.17) is 4.84 Å². The van der Waals surface area contributed by atoms with Gasteiger partial charge in [-0.05, 0) is 62.9 Å². The van der Waals surface area contributed by atoms with E-state index in [1.54, 1.807) is 30.6 Å². The van der Waals surface area contributed by atoms with Gasteiger partial charge in [0.2, 0.25) is 0 Å². The Balaban J connectivity index is 1.81. The molecule has 32 heavy (non-hydrogen) atoms. The molecule has 0 N–H and O–H groups in total. The van der Waals surface area contributed by atoms with E-state index in [9.17, 15) is 9.59 Å². The second-order valence-corrected chi connectivity index (χ2v) is 10.5. The molecule has 166 valence electrons. The van der Waals surface area contributed by atoms with Gasteiger partial charge in [-0.3, -0.25) is 9.59 Å². The molecule has 4 rings (SSSR count). The minimum Gasteiger partial charge on any atom is -0.399 e. The normalized spacial score (nSPS) is 17.5. The Labute approximate surface area is 197 Å². The van der Waals surface area contributed by atoms with Crippen molar-refractivity contribution in [2.45, 2.75) is 56.2 Å². The van der Waals surface area contributed by atoms with Crippen molar-refractivity contribution in [1.82, 2.24) is 0 Å². The summed E-state index contributed by atoms with van der Waals surface area (Å²) in [6.45, 7) is 6.04. The van der Waals surface area contributed by atoms with Gasteiger partial charge < -0.3 is 4.84 Å². The van der Waals surface area contributed by atoms with Crippen LogP contribution in [-0.2, 0) is 9.63 Å². The van der Waals surface area contributed by atoms with Gasteiger partial charge in [-0.25, -0.2) is 0 Å². The van der Waals surface area contributed by atoms with Gasteiger partial charge >= 0.3 is 0 Å². The van der Waals surface area contributed by atoms with Gasteiger partial charge in [0, 0.05) is 44.4 Å². The van der Waals surface area contributed by atoms with Gasteiger partial charge in [0.05, 0.1) is 11.3 Å². The summed E-state index contributed by atoms with van der Waals surface area (Å²) >= 11 is 3.33. The first-order valence-corrected chi connectivity index (χ1v) is 12.6. The summed E-state index contributed by atoms with van der Waals surface area (Å²) in [6.07, 6.45) is 2.75. The molecular formula is C26H27NO3S2. The molecule has 0 spiro atoms. The molecule has 2 aromatic carbocycles. The Hall–Kier alpha value is -2.31. The topological polar surface area (TPSA) is 55.7 Å². The summed E-state index contributed by atoms with van der Waals surface area (Å²) < 4.78 is 0. The molecule has 0 bridgehead atoms. The van der Waals surface area contributed by atoms with Crippen molar-refractivity contribution < 1.29 is 14.4 Å². The third-order valence-corrected chi connectivity index (χ3v) is 8.29. The van der Waals surface area contributed by atoms with Crippen LogP contribution in [0.2, 0.25) is 0 Å². The van der Waals surface area contributed by atoms with Crippen LogP contribution >= 0.6 is 23.5 Å². The van der Waals surface area contributed by atoms with Crippen molar-refractivity contribution in [2.75, 3.05) is 12.9 Å². The third-order valence-electron chi connectivity index (χ3n) is 5.90. The molecule has 4 nitrogen and oxygen atoms in total. The maximum absolute atomic E-state index is 13.8. The van der Waals surface area contributed by atoms with Crippen LogP contribution in [0.25, 0.3) is 0 Å². The van der Waals surface area contributed by atoms with Crippen LogP contribution in [0.15, 0.2) is 55.8 Å². The summed E-state index contributed by atoms with van der Waals surface area (Å²) in [5.74, 6) is 0.717. The molecule has 2 aliphatic rings. The van der Waals surface area contributed by atoms with Crippen molar-refractivity contribution >= 4 is 40.8 Å². The van der Waals surface area contributed by atoms with E-state index < -0.39 is 0 Å². The number of carbonyl (C=O) groups is 2. The zero-order valence-corrected chi connectivity index (χ0v) is 20.5. The minimum absolute atomic E-state index is 0.0502. The van der Waals surface area contributed by atoms with E-state index >= 15 is 0 Å². The predicted molar refractivity (Wildman–Crippen MR) is 132 cm³/mol. The third kappa shape index (κ3) is 4.44. The lowest BCUT2D eigenvalue weighted by molar-refractivity contribution is -0.115. The van der Waals surface area contributed by atoms with Crippen molar-refractivity contribution in [3.63, 3.8) is 0 Å². The molecule has 6 heteroatoms. The fourth-order valence-electron chi connectivity index (χ4n) is 4.29. The van der Waals surface area contributed by atoms with Crippen LogP contribution in [0.3, 0.4) is 0 Å². The maximum atomic E-state index is 13.8. The first-order valence-electron chi connectivity index (χ1n) is 10.8. The predicted octanol–water partition coefficient (Wildman–Crippen LogP) is 6.44. The highest BCUT2D eigenvalue weighted by atomic mass is 32.2. The molecule has 0 amide bonds. The monoisotopic (exact) mass is 465 g/mol. The Morgan fingerprint density at radius 1 is 1.09 bits per heavy atom. The first kappa shape index (κ1) is 22.9. The SMILES string of the molecule is CO/N=C1\CCSc2c(C)cc(C(=O)C3=C(Sc4ccc(C)cc4)CCCC3=O)c(C)c21. The fourth-order valence-corrected chi connectivity index (χ4v) is 6.60. The first-order chi connectivity index (χ1) is 15.4. The van der Waals surface area contributed by atoms with E-state index in [-0.39, 0.29) is 11.6 Å². The number of hydrogen-bond acceptors (Lipinski definition) is 6. The van der Waals surface area contributed by atoms with Crippen LogP contribution in [0.5, 0.6) is 0 Å². The van der Waals surface area contributed by atoms with E-state index in [1.807, 2.05) is 39.0 Å². The second-order valence-electron chi connectivity index (χ2n) is 8.21. The average molecular weight is 466 g/mol. The van der Waals surface area contributed by atoms with Crippen molar-refractivity contribution in [3.8, 4) is 0 Å². The number of fused-ring (bicyclic) bond motifs is 1. The number of nitrogens with zero attached hydrogens (tertiary/aromatic N) is 1. The highest BCUT2D eigenvalue weighted by Crippen LogP contribution is 2.40. The van der Waals surface area contributed by atoms with E-state index in [0.29, 0.717) is 17.6 Å². The number of rotatable bonds is 5. The Morgan fingerprint density at radius 3 is 2.56 bits per heavy atom. The summed E-state index contributed by atoms with van der Waals surface area (Å²) in [5.41, 5.74) is 5.92. The highest BCUT2D eigenvalue weighted by molar-refractivity contribution is 8.03. The van der Waals surface area contributed by atoms with Crippen molar-refractivity contribution in [1.29, 1.82) is 0 Å². The van der Waals surface area contributed by atoms with E-state index in [2.05, 4.69) is 17.3 Å². The molecule has 1 aliphatic carbocycles. The van der Waals surface area contributed by atoms with Crippen LogP contribution in [0.4, 0.5) is 0 Å². The Kier molecular flexibility index (Phi) is 6.91. The van der Waals surface area contributed by atoms with Crippen molar-refractivity contribution in [2.24, 2.45) is 5.16 Å². The van der Waals surface area contributed by atoms with Crippen molar-refractivity contribution in [3.05, 3.63) is 68.6 Å². The summed E-state index contributed by atoms with van der Waals surface area (Å²) in [4.78, 5) is 35.0. The lowest BCUT2D eigenvalue weighted by Crippen LogP contribution is -2.22. The van der Waals surface area contributed by atoms with Gasteiger partial charge in [0.25, 0.3) is 0 Å². The zero-order chi connectivity index (χ0) is 22.8. The van der Waals surface area contributed by atoms with Gasteiger partial charge in [0.1, 0.15) is 7.11 Å². The van der Waals surface area contributed by atoms with E-state index in [0.717, 1.165) is 62.1 Å². The highest BCUT2D eigenvalue weighted by Gasteiger charge is 2.31. The van der Waals surface area contributed by atoms with Crippen LogP contribution in [0.1, 0.15) is 58.3 Å². The molecule has 0 atom stereocenters. The number of oxime groups is 1. The zero-order valence-electron chi connectivity index (χ0n) is 18.9. The largest absolute Gasteiger partial charge is 0.399 e. The number of allylic oxidation sites excluding steroid dienone is 2. The second kappa shape index (κ2) is 9.67. The van der Waals surface area contributed by atoms with E-state index in [1.165, 1.54) is 5.56 Å². The smallest absolute Gasteiger partial charge is 0.197 e. The number of aryl methyl sites for hydroxylation is 2. The molecule has 1 heterocycles. The molecule has 0 radical (unpaired) electrons. The maximum Gasteiger partial charge on any atom is 0.197 e. The average Bonchev–Trinajstić information content (AvgIpc) is 2.78. The number of Topliss-reactive ketones (excluding diaryl/α,β-unsaturated/α-hetero) is 2. The summed E-state index contributed by atoms with van der Waals surface area (Å²) in [5, 5.41) is 4.24. The quantitative estimate of drug-likeness (QED) is 0.289. The number of benzene rings is 2. The number of thioether (sulfide) groups is 2. The summed E-state index contributed by atoms with van der Waals surface area (Å²) in [7, 11) is 1.55. The molecule has 0 unspecified atom stereocenters. The molecule has 0 fully saturated rings. The lowest BCUT2D eigenvalue weighted by atomic mass is 9.86. The fraction of sp³-hybridized carbons (Fsp3) is 0.346. The molecule has 0 saturated heterocycles. The van der Waals surface area contributed by atoms with Crippen LogP contribution in [0, 0.1) is 20.8 Å². The minimum atomic E-state index is -0.167. The van der Waals surface area contributed by atoms with Gasteiger partial charge in [-0.1, -0.05) is 34.6 Å². The van der Waals surface area contributed by atoms with Gasteiger partial charge in [0.15, 0.2) is 11.6 Å². The van der Waals surface area contributed by atoms with Crippen LogP contribution in [-0.4, -0.2) is 30.1 Å². The lowest BCUT2D eigenvalue weighted by Gasteiger charge is -2.24. The number of hydrogen-bond donors (Lipinski definition) is 0. The summed E-state index contributed by atoms with van der Waals surface area (Å²) in [6, 6.07) is 10.2. The molecule has 0 aromatic heterocycles. The van der Waals surface area contributed by atoms with Gasteiger partial charge in [-0.2, -0.15) is 0 Å². The standard InChI is InChI=1S/C26H27NO3S2/c1-15-8-10-18(11-9-15)32-22-7-5-6-21(28)24(22)25(29)19-14-16(2)26-23(17(19)3)20(27-30-4)12-13-31-26/h8-11,14H,5-7,12-13H2,1-4H3/b27-20+. The molecule has 1 aliphatic heterocycles. The Morgan fingerprint density at radius 2 is 1.84 bits per heavy atom. The molecule has 2 aromatic rings. The van der Waals surface area contributed by atoms with Crippen LogP contribution < -0.4 is 0 Å². The Bertz CT molecular complexity index is 1150. The molecule has 0 saturated carbocycles. The van der Waals surface area contributed by atoms with Gasteiger partial charge in [-0.15, -0.1) is 11.8 Å². The number of carbonyl (C=O) groups excluding carboxylic acids is 2. The number of ketones is 2. The molecular weight excluding hydrogens is 438 g/mol.